The van der Waals surface area contributed by atoms with Crippen molar-refractivity contribution in [3.63, 3.8) is 0 Å². The molecule has 1 amide bonds. The lowest BCUT2D eigenvalue weighted by molar-refractivity contribution is 0.102. The zero-order valence-corrected chi connectivity index (χ0v) is 14.6. The number of nitrogens with one attached hydrogen (secondary N) is 1. The van der Waals surface area contributed by atoms with Crippen LogP contribution in [-0.2, 0) is 13.0 Å². The van der Waals surface area contributed by atoms with Crippen LogP contribution in [0.3, 0.4) is 0 Å². The highest BCUT2D eigenvalue weighted by molar-refractivity contribution is 6.02. The monoisotopic (exact) mass is 349 g/mol. The molecule has 132 valence electrons. The van der Waals surface area contributed by atoms with Crippen LogP contribution in [0, 0.1) is 12.7 Å². The van der Waals surface area contributed by atoms with Crippen molar-refractivity contribution in [3.8, 4) is 0 Å². The molecule has 3 aromatic rings. The van der Waals surface area contributed by atoms with Crippen LogP contribution < -0.4 is 5.32 Å². The Morgan fingerprint density at radius 1 is 1.19 bits per heavy atom. The molecule has 1 aliphatic heterocycles. The van der Waals surface area contributed by atoms with E-state index in [1.807, 2.05) is 0 Å². The fourth-order valence-electron chi connectivity index (χ4n) is 3.60. The number of halogens is 1. The minimum Gasteiger partial charge on any atom is -0.333 e. The van der Waals surface area contributed by atoms with E-state index in [0.717, 1.165) is 25.2 Å². The third-order valence-corrected chi connectivity index (χ3v) is 4.98. The number of fused-ring (bicyclic) bond motifs is 1. The van der Waals surface area contributed by atoms with Crippen molar-refractivity contribution in [3.05, 3.63) is 83.2 Å². The van der Waals surface area contributed by atoms with Gasteiger partial charge in [0.05, 0.1) is 5.69 Å². The van der Waals surface area contributed by atoms with Crippen molar-refractivity contribution in [2.24, 2.45) is 0 Å². The Morgan fingerprint density at radius 2 is 1.96 bits per heavy atom. The molecule has 1 atom stereocenters. The Bertz CT molecular complexity index is 963. The number of anilines is 1. The van der Waals surface area contributed by atoms with E-state index in [-0.39, 0.29) is 11.6 Å². The molecule has 4 rings (SSSR count). The molecule has 2 heterocycles. The van der Waals surface area contributed by atoms with E-state index in [2.05, 4.69) is 46.1 Å². The second kappa shape index (κ2) is 6.75. The van der Waals surface area contributed by atoms with E-state index in [9.17, 15) is 9.18 Å². The molecular weight excluding hydrogens is 329 g/mol. The number of para-hydroxylation sites is 1. The maximum atomic E-state index is 13.7. The van der Waals surface area contributed by atoms with E-state index in [4.69, 9.17) is 0 Å². The van der Waals surface area contributed by atoms with E-state index in [0.29, 0.717) is 11.6 Å². The molecule has 0 aliphatic carbocycles. The summed E-state index contributed by atoms with van der Waals surface area (Å²) in [5.41, 5.74) is 3.14. The number of nitrogens with zero attached hydrogens (tertiary/aromatic N) is 2. The molecule has 26 heavy (non-hydrogen) atoms. The third kappa shape index (κ3) is 3.12. The molecule has 1 aromatic heterocycles. The minimum absolute atomic E-state index is 0.168. The molecule has 4 nitrogen and oxygen atoms in total. The van der Waals surface area contributed by atoms with Gasteiger partial charge in [-0.25, -0.2) is 9.37 Å². The van der Waals surface area contributed by atoms with Crippen LogP contribution in [0.5, 0.6) is 0 Å². The highest BCUT2D eigenvalue weighted by Crippen LogP contribution is 2.30. The van der Waals surface area contributed by atoms with Crippen LogP contribution in [0.15, 0.2) is 54.7 Å². The van der Waals surface area contributed by atoms with Crippen LogP contribution in [-0.4, -0.2) is 15.5 Å². The fourth-order valence-corrected chi connectivity index (χ4v) is 3.60. The Labute approximate surface area is 151 Å². The summed E-state index contributed by atoms with van der Waals surface area (Å²) in [6, 6.07) is 14.6. The van der Waals surface area contributed by atoms with Gasteiger partial charge in [0.2, 0.25) is 0 Å². The number of imidazole rings is 1. The Hall–Kier alpha value is -2.95. The Balaban J connectivity index is 1.53. The molecule has 0 saturated heterocycles. The zero-order valence-electron chi connectivity index (χ0n) is 14.6. The lowest BCUT2D eigenvalue weighted by Crippen LogP contribution is -2.19. The van der Waals surface area contributed by atoms with E-state index >= 15 is 0 Å². The highest BCUT2D eigenvalue weighted by Gasteiger charge is 2.24. The Morgan fingerprint density at radius 3 is 2.77 bits per heavy atom. The maximum Gasteiger partial charge on any atom is 0.275 e. The molecule has 0 bridgehead atoms. The summed E-state index contributed by atoms with van der Waals surface area (Å²) in [4.78, 5) is 16.9. The van der Waals surface area contributed by atoms with Gasteiger partial charge in [0.15, 0.2) is 0 Å². The number of amides is 1. The summed E-state index contributed by atoms with van der Waals surface area (Å²) in [6.07, 6.45) is 3.61. The van der Waals surface area contributed by atoms with Gasteiger partial charge in [-0.1, -0.05) is 36.4 Å². The number of aromatic nitrogens is 2. The van der Waals surface area contributed by atoms with Crippen LogP contribution in [0.4, 0.5) is 10.1 Å². The SMILES string of the molecule is Cc1ccccc1C1CCc2nc(C(=O)Nc3ccccc3F)cn2C1. The minimum atomic E-state index is -0.454. The number of carbonyl (C=O) groups excluding carboxylic acids is 1. The topological polar surface area (TPSA) is 46.9 Å². The standard InChI is InChI=1S/C21H20FN3O/c1-14-6-2-3-7-16(14)15-10-11-20-23-19(13-25(20)12-15)21(26)24-18-9-5-4-8-17(18)22/h2-9,13,15H,10-12H2,1H3,(H,24,26). The van der Waals surface area contributed by atoms with E-state index in [1.54, 1.807) is 18.3 Å². The van der Waals surface area contributed by atoms with Crippen molar-refractivity contribution in [1.29, 1.82) is 0 Å². The van der Waals surface area contributed by atoms with Gasteiger partial charge in [0, 0.05) is 25.1 Å². The molecule has 2 aromatic carbocycles. The number of rotatable bonds is 3. The first kappa shape index (κ1) is 16.5. The van der Waals surface area contributed by atoms with Crippen LogP contribution in [0.25, 0.3) is 0 Å². The van der Waals surface area contributed by atoms with Crippen molar-refractivity contribution < 1.29 is 9.18 Å². The summed E-state index contributed by atoms with van der Waals surface area (Å²) in [6.45, 7) is 2.94. The lowest BCUT2D eigenvalue weighted by Gasteiger charge is -2.25. The molecule has 0 radical (unpaired) electrons. The van der Waals surface area contributed by atoms with Gasteiger partial charge in [0.25, 0.3) is 5.91 Å². The normalized spacial score (nSPS) is 16.2. The molecule has 0 spiro atoms. The van der Waals surface area contributed by atoms with Gasteiger partial charge >= 0.3 is 0 Å². The summed E-state index contributed by atoms with van der Waals surface area (Å²) in [5, 5.41) is 2.60. The fraction of sp³-hybridized carbons (Fsp3) is 0.238. The average Bonchev–Trinajstić information content (AvgIpc) is 3.07. The van der Waals surface area contributed by atoms with Crippen molar-refractivity contribution in [2.45, 2.75) is 32.2 Å². The molecule has 5 heteroatoms. The summed E-state index contributed by atoms with van der Waals surface area (Å²) < 4.78 is 15.8. The first-order valence-electron chi connectivity index (χ1n) is 8.79. The molecule has 1 unspecified atom stereocenters. The average molecular weight is 349 g/mol. The molecule has 0 fully saturated rings. The quantitative estimate of drug-likeness (QED) is 0.766. The largest absolute Gasteiger partial charge is 0.333 e. The number of carbonyl (C=O) groups is 1. The first-order valence-corrected chi connectivity index (χ1v) is 8.79. The van der Waals surface area contributed by atoms with Crippen LogP contribution in [0.1, 0.15) is 39.8 Å². The molecule has 0 saturated carbocycles. The van der Waals surface area contributed by atoms with Crippen LogP contribution >= 0.6 is 0 Å². The van der Waals surface area contributed by atoms with Gasteiger partial charge in [0.1, 0.15) is 17.3 Å². The van der Waals surface area contributed by atoms with Gasteiger partial charge < -0.3 is 9.88 Å². The van der Waals surface area contributed by atoms with Crippen molar-refractivity contribution in [1.82, 2.24) is 9.55 Å². The van der Waals surface area contributed by atoms with E-state index in [1.165, 1.54) is 23.3 Å². The van der Waals surface area contributed by atoms with Gasteiger partial charge in [-0.15, -0.1) is 0 Å². The predicted molar refractivity (Wildman–Crippen MR) is 98.8 cm³/mol. The summed E-state index contributed by atoms with van der Waals surface area (Å²) in [5.74, 6) is 0.489. The zero-order chi connectivity index (χ0) is 18.1. The first-order chi connectivity index (χ1) is 12.6. The van der Waals surface area contributed by atoms with Crippen molar-refractivity contribution in [2.75, 3.05) is 5.32 Å². The van der Waals surface area contributed by atoms with E-state index < -0.39 is 5.82 Å². The second-order valence-corrected chi connectivity index (χ2v) is 6.72. The lowest BCUT2D eigenvalue weighted by atomic mass is 9.89. The second-order valence-electron chi connectivity index (χ2n) is 6.72. The summed E-state index contributed by atoms with van der Waals surface area (Å²) in [7, 11) is 0. The molecular formula is C21H20FN3O. The Kier molecular flexibility index (Phi) is 4.29. The molecule has 1 N–H and O–H groups in total. The maximum absolute atomic E-state index is 13.7. The van der Waals surface area contributed by atoms with Crippen molar-refractivity contribution >= 4 is 11.6 Å². The number of benzene rings is 2. The predicted octanol–water partition coefficient (Wildman–Crippen LogP) is 4.31. The van der Waals surface area contributed by atoms with Gasteiger partial charge in [-0.2, -0.15) is 0 Å². The smallest absolute Gasteiger partial charge is 0.275 e. The van der Waals surface area contributed by atoms with Gasteiger partial charge in [-0.05, 0) is 36.6 Å². The molecule has 1 aliphatic rings. The number of aryl methyl sites for hydroxylation is 2. The van der Waals surface area contributed by atoms with Crippen LogP contribution in [0.2, 0.25) is 0 Å². The summed E-state index contributed by atoms with van der Waals surface area (Å²) >= 11 is 0. The number of hydrogen-bond donors (Lipinski definition) is 1. The van der Waals surface area contributed by atoms with Gasteiger partial charge in [-0.3, -0.25) is 4.79 Å². The third-order valence-electron chi connectivity index (χ3n) is 4.98. The highest BCUT2D eigenvalue weighted by atomic mass is 19.1. The number of hydrogen-bond acceptors (Lipinski definition) is 2.